The van der Waals surface area contributed by atoms with Gasteiger partial charge in [0.25, 0.3) is 0 Å². The molecule has 0 fully saturated rings. The lowest BCUT2D eigenvalue weighted by atomic mass is 10.3. The first-order valence-electron chi connectivity index (χ1n) is 3.40. The first-order chi connectivity index (χ1) is 6.36. The van der Waals surface area contributed by atoms with Crippen molar-refractivity contribution in [3.63, 3.8) is 0 Å². The molecule has 7 heteroatoms. The average Bonchev–Trinajstić information content (AvgIpc) is 2.06. The van der Waals surface area contributed by atoms with Gasteiger partial charge in [0.05, 0.1) is 16.0 Å². The number of halogens is 2. The van der Waals surface area contributed by atoms with Crippen LogP contribution in [0, 0.1) is 5.39 Å². The third kappa shape index (κ3) is 2.15. The topological polar surface area (TPSA) is 62.3 Å². The van der Waals surface area contributed by atoms with Crippen LogP contribution >= 0.6 is 23.2 Å². The smallest absolute Gasteiger partial charge is 0.224 e. The van der Waals surface area contributed by atoms with Crippen LogP contribution in [0.25, 0.3) is 4.98 Å². The Labute approximate surface area is 91.0 Å². The number of hydrogen-bond acceptors (Lipinski definition) is 3. The van der Waals surface area contributed by atoms with Crippen molar-refractivity contribution < 1.29 is 8.42 Å². The molecule has 0 bridgehead atoms. The van der Waals surface area contributed by atoms with Crippen molar-refractivity contribution in [2.75, 3.05) is 6.26 Å². The van der Waals surface area contributed by atoms with E-state index in [-0.39, 0.29) is 20.6 Å². The van der Waals surface area contributed by atoms with Crippen LogP contribution in [-0.4, -0.2) is 14.7 Å². The Bertz CT molecular complexity index is 519. The van der Waals surface area contributed by atoms with Crippen LogP contribution < -0.4 is 0 Å². The van der Waals surface area contributed by atoms with E-state index in [1.807, 2.05) is 0 Å². The molecule has 0 saturated carbocycles. The fraction of sp³-hybridized carbons (Fsp3) is 0.143. The van der Waals surface area contributed by atoms with E-state index >= 15 is 0 Å². The summed E-state index contributed by atoms with van der Waals surface area (Å²) in [6.45, 7) is 0. The van der Waals surface area contributed by atoms with Crippen molar-refractivity contribution in [1.82, 2.24) is 0 Å². The third-order valence-corrected chi connectivity index (χ3v) is 3.34. The molecule has 4 nitrogen and oxygen atoms in total. The van der Waals surface area contributed by atoms with E-state index in [1.165, 1.54) is 12.1 Å². The van der Waals surface area contributed by atoms with Crippen molar-refractivity contribution in [3.05, 3.63) is 27.2 Å². The molecule has 0 heterocycles. The van der Waals surface area contributed by atoms with Crippen LogP contribution in [0.15, 0.2) is 17.0 Å². The summed E-state index contributed by atoms with van der Waals surface area (Å²) in [4.78, 5) is 2.67. The maximum Gasteiger partial charge on any atom is 0.406 e. The predicted molar refractivity (Wildman–Crippen MR) is 54.3 cm³/mol. The van der Waals surface area contributed by atoms with Crippen LogP contribution in [0.5, 0.6) is 0 Å². The van der Waals surface area contributed by atoms with Gasteiger partial charge in [0.15, 0.2) is 19.8 Å². The highest BCUT2D eigenvalue weighted by atomic mass is 35.5. The molecule has 0 amide bonds. The Morgan fingerprint density at radius 2 is 1.93 bits per heavy atom. The van der Waals surface area contributed by atoms with Crippen molar-refractivity contribution in [3.8, 4) is 0 Å². The predicted octanol–water partition coefficient (Wildman–Crippen LogP) is 2.88. The van der Waals surface area contributed by atoms with Gasteiger partial charge in [-0.3, -0.25) is 0 Å². The van der Waals surface area contributed by atoms with Gasteiger partial charge >= 0.3 is 5.69 Å². The Balaban J connectivity index is 3.64. The molecule has 0 aromatic heterocycles. The van der Waals surface area contributed by atoms with Crippen LogP contribution in [-0.2, 0) is 9.84 Å². The minimum atomic E-state index is -3.48. The van der Waals surface area contributed by atoms with Crippen LogP contribution in [0.1, 0.15) is 0 Å². The van der Waals surface area contributed by atoms with Gasteiger partial charge in [-0.25, -0.2) is 8.42 Å². The minimum Gasteiger partial charge on any atom is -0.224 e. The van der Waals surface area contributed by atoms with Gasteiger partial charge in [0.2, 0.25) is 5.39 Å². The molecular weight excluding hydrogens is 247 g/mol. The second-order valence-corrected chi connectivity index (χ2v) is 5.41. The maximum atomic E-state index is 11.2. The molecule has 0 saturated heterocycles. The summed E-state index contributed by atoms with van der Waals surface area (Å²) >= 11 is 11.3. The summed E-state index contributed by atoms with van der Waals surface area (Å²) in [6.07, 6.45) is 0.992. The quantitative estimate of drug-likeness (QED) is 0.722. The van der Waals surface area contributed by atoms with Gasteiger partial charge in [-0.15, -0.1) is 0 Å². The zero-order valence-corrected chi connectivity index (χ0v) is 9.36. The molecule has 0 radical (unpaired) electrons. The van der Waals surface area contributed by atoms with Crippen molar-refractivity contribution in [2.45, 2.75) is 4.90 Å². The molecule has 1 aromatic rings. The van der Waals surface area contributed by atoms with Crippen molar-refractivity contribution >= 4 is 38.7 Å². The minimum absolute atomic E-state index is 0.0698. The van der Waals surface area contributed by atoms with Gasteiger partial charge < -0.3 is 0 Å². The van der Waals surface area contributed by atoms with Crippen molar-refractivity contribution in [1.29, 1.82) is 5.39 Å². The molecule has 0 aliphatic carbocycles. The van der Waals surface area contributed by atoms with E-state index < -0.39 is 9.84 Å². The number of rotatable bonds is 1. The molecule has 0 spiro atoms. The monoisotopic (exact) mass is 251 g/mol. The van der Waals surface area contributed by atoms with E-state index in [9.17, 15) is 8.42 Å². The number of nitrogens with zero attached hydrogens (tertiary/aromatic N) is 2. The Morgan fingerprint density at radius 3 is 2.36 bits per heavy atom. The second-order valence-electron chi connectivity index (χ2n) is 2.61. The third-order valence-electron chi connectivity index (χ3n) is 1.49. The number of benzene rings is 1. The van der Waals surface area contributed by atoms with Gasteiger partial charge in [-0.1, -0.05) is 23.2 Å². The zero-order valence-electron chi connectivity index (χ0n) is 7.03. The SMILES string of the molecule is CS(=O)(=O)c1cc(Cl)cc([N+]#N)c1Cl. The largest absolute Gasteiger partial charge is 0.406 e. The van der Waals surface area contributed by atoms with Crippen LogP contribution in [0.3, 0.4) is 0 Å². The van der Waals surface area contributed by atoms with E-state index in [4.69, 9.17) is 28.6 Å². The van der Waals surface area contributed by atoms with Gasteiger partial charge in [0, 0.05) is 6.26 Å². The Hall–Kier alpha value is -0.830. The highest BCUT2D eigenvalue weighted by Gasteiger charge is 2.23. The summed E-state index contributed by atoms with van der Waals surface area (Å²) in [5.41, 5.74) is -0.0698. The normalized spacial score (nSPS) is 11.0. The molecule has 0 atom stereocenters. The summed E-state index contributed by atoms with van der Waals surface area (Å²) in [6, 6.07) is 2.46. The highest BCUT2D eigenvalue weighted by molar-refractivity contribution is 7.90. The molecule has 1 rings (SSSR count). The van der Waals surface area contributed by atoms with E-state index in [1.54, 1.807) is 0 Å². The summed E-state index contributed by atoms with van der Waals surface area (Å²) in [5, 5.41) is 8.52. The fourth-order valence-corrected chi connectivity index (χ4v) is 2.51. The number of diazo groups is 1. The molecule has 0 aliphatic heterocycles. The maximum absolute atomic E-state index is 11.2. The van der Waals surface area contributed by atoms with Gasteiger partial charge in [0.1, 0.15) is 0 Å². The van der Waals surface area contributed by atoms with E-state index in [0.29, 0.717) is 0 Å². The molecule has 0 aliphatic rings. The summed E-state index contributed by atoms with van der Waals surface area (Å²) < 4.78 is 22.4. The van der Waals surface area contributed by atoms with Crippen LogP contribution in [0.2, 0.25) is 10.0 Å². The highest BCUT2D eigenvalue weighted by Crippen LogP contribution is 2.34. The Morgan fingerprint density at radius 1 is 1.36 bits per heavy atom. The molecule has 74 valence electrons. The lowest BCUT2D eigenvalue weighted by molar-refractivity contribution is 0.602. The molecule has 14 heavy (non-hydrogen) atoms. The van der Waals surface area contributed by atoms with Crippen LogP contribution in [0.4, 0.5) is 5.69 Å². The van der Waals surface area contributed by atoms with E-state index in [0.717, 1.165) is 6.26 Å². The first kappa shape index (κ1) is 11.2. The average molecular weight is 252 g/mol. The zero-order chi connectivity index (χ0) is 10.9. The summed E-state index contributed by atoms with van der Waals surface area (Å²) in [5.74, 6) is 0. The first-order valence-corrected chi connectivity index (χ1v) is 6.05. The van der Waals surface area contributed by atoms with Gasteiger partial charge in [-0.05, 0) is 6.07 Å². The van der Waals surface area contributed by atoms with Gasteiger partial charge in [-0.2, -0.15) is 0 Å². The molecule has 1 aromatic carbocycles. The lowest BCUT2D eigenvalue weighted by Crippen LogP contribution is -1.97. The van der Waals surface area contributed by atoms with Crippen molar-refractivity contribution in [2.24, 2.45) is 0 Å². The fourth-order valence-electron chi connectivity index (χ4n) is 0.893. The Kier molecular flexibility index (Phi) is 3.00. The summed E-state index contributed by atoms with van der Waals surface area (Å²) in [7, 11) is -3.48. The molecule has 0 unspecified atom stereocenters. The number of sulfone groups is 1. The lowest BCUT2D eigenvalue weighted by Gasteiger charge is -1.99. The second kappa shape index (κ2) is 3.73. The standard InChI is InChI=1S/C7H5Cl2N2O2S/c1-14(12,13)6-3-4(8)2-5(11-10)7(6)9/h2-3H,1H3/q+1. The van der Waals surface area contributed by atoms with E-state index in [2.05, 4.69) is 4.98 Å². The molecule has 0 N–H and O–H groups in total. The number of hydrogen-bond donors (Lipinski definition) is 0. The molecular formula is C7H5Cl2N2O2S+.